The summed E-state index contributed by atoms with van der Waals surface area (Å²) in [5.41, 5.74) is 11.2. The van der Waals surface area contributed by atoms with E-state index < -0.39 is 11.6 Å². The summed E-state index contributed by atoms with van der Waals surface area (Å²) in [6.07, 6.45) is 1.06. The van der Waals surface area contributed by atoms with Crippen LogP contribution in [0.1, 0.15) is 12.8 Å². The van der Waals surface area contributed by atoms with Crippen LogP contribution < -0.4 is 16.4 Å². The summed E-state index contributed by atoms with van der Waals surface area (Å²) >= 11 is 0. The van der Waals surface area contributed by atoms with Gasteiger partial charge in [0.05, 0.1) is 11.4 Å². The number of nitrogens with zero attached hydrogens (tertiary/aromatic N) is 1. The Morgan fingerprint density at radius 2 is 1.89 bits per heavy atom. The van der Waals surface area contributed by atoms with Crippen LogP contribution in [0.4, 0.5) is 20.2 Å². The van der Waals surface area contributed by atoms with Crippen molar-refractivity contribution in [2.24, 2.45) is 11.7 Å². The van der Waals surface area contributed by atoms with E-state index in [0.29, 0.717) is 25.9 Å². The van der Waals surface area contributed by atoms with Gasteiger partial charge in [0.15, 0.2) is 11.6 Å². The van der Waals surface area contributed by atoms with Crippen molar-refractivity contribution < 1.29 is 13.6 Å². The first-order chi connectivity index (χ1) is 8.50. The van der Waals surface area contributed by atoms with E-state index >= 15 is 0 Å². The number of primary amides is 1. The Morgan fingerprint density at radius 3 is 2.44 bits per heavy atom. The van der Waals surface area contributed by atoms with E-state index in [1.807, 2.05) is 0 Å². The quantitative estimate of drug-likeness (QED) is 0.781. The number of carbonyl (C=O) groups is 1. The molecule has 18 heavy (non-hydrogen) atoms. The number of anilines is 2. The molecule has 0 spiro atoms. The van der Waals surface area contributed by atoms with E-state index in [1.54, 1.807) is 4.90 Å². The number of hydrogen-bond acceptors (Lipinski definition) is 3. The number of carbonyl (C=O) groups excluding carboxylic acids is 1. The summed E-state index contributed by atoms with van der Waals surface area (Å²) in [6, 6.07) is 2.35. The lowest BCUT2D eigenvalue weighted by Gasteiger charge is -2.33. The molecule has 0 bridgehead atoms. The number of hydrogen-bond donors (Lipinski definition) is 2. The van der Waals surface area contributed by atoms with Crippen molar-refractivity contribution in [3.8, 4) is 0 Å². The highest BCUT2D eigenvalue weighted by atomic mass is 19.2. The molecule has 98 valence electrons. The maximum atomic E-state index is 13.7. The average molecular weight is 255 g/mol. The third kappa shape index (κ3) is 2.23. The number of nitrogens with two attached hydrogens (primary N) is 2. The Hall–Kier alpha value is -1.85. The third-order valence-electron chi connectivity index (χ3n) is 3.31. The van der Waals surface area contributed by atoms with E-state index in [1.165, 1.54) is 6.07 Å². The molecule has 1 aromatic carbocycles. The van der Waals surface area contributed by atoms with Crippen molar-refractivity contribution in [1.29, 1.82) is 0 Å². The molecule has 1 saturated heterocycles. The van der Waals surface area contributed by atoms with E-state index in [9.17, 15) is 13.6 Å². The second kappa shape index (κ2) is 4.80. The second-order valence-corrected chi connectivity index (χ2v) is 4.46. The van der Waals surface area contributed by atoms with Crippen LogP contribution in [0.5, 0.6) is 0 Å². The molecule has 4 nitrogen and oxygen atoms in total. The van der Waals surface area contributed by atoms with Gasteiger partial charge in [-0.05, 0) is 25.0 Å². The summed E-state index contributed by atoms with van der Waals surface area (Å²) in [6.45, 7) is 0.885. The molecule has 0 atom stereocenters. The number of piperidine rings is 1. The number of benzene rings is 1. The van der Waals surface area contributed by atoms with Crippen LogP contribution in [0.2, 0.25) is 0 Å². The predicted octanol–water partition coefficient (Wildman–Crippen LogP) is 1.25. The summed E-state index contributed by atoms with van der Waals surface area (Å²) in [4.78, 5) is 12.7. The van der Waals surface area contributed by atoms with Gasteiger partial charge in [0.1, 0.15) is 0 Å². The van der Waals surface area contributed by atoms with E-state index in [4.69, 9.17) is 11.5 Å². The van der Waals surface area contributed by atoms with Crippen LogP contribution in [0, 0.1) is 17.6 Å². The Morgan fingerprint density at radius 1 is 1.28 bits per heavy atom. The Balaban J connectivity index is 2.20. The highest BCUT2D eigenvalue weighted by Crippen LogP contribution is 2.31. The minimum absolute atomic E-state index is 0.0814. The molecular weight excluding hydrogens is 240 g/mol. The molecule has 1 heterocycles. The summed E-state index contributed by atoms with van der Waals surface area (Å²) in [5.74, 6) is -2.40. The van der Waals surface area contributed by atoms with Crippen molar-refractivity contribution in [3.05, 3.63) is 23.8 Å². The Kier molecular flexibility index (Phi) is 3.36. The highest BCUT2D eigenvalue weighted by Gasteiger charge is 2.26. The van der Waals surface area contributed by atoms with Crippen molar-refractivity contribution in [3.63, 3.8) is 0 Å². The lowest BCUT2D eigenvalue weighted by Crippen LogP contribution is -2.39. The summed E-state index contributed by atoms with van der Waals surface area (Å²) in [5, 5.41) is 0. The minimum atomic E-state index is -0.937. The smallest absolute Gasteiger partial charge is 0.220 e. The van der Waals surface area contributed by atoms with Crippen LogP contribution in [-0.4, -0.2) is 19.0 Å². The molecule has 0 aromatic heterocycles. The number of halogens is 2. The lowest BCUT2D eigenvalue weighted by molar-refractivity contribution is -0.122. The molecule has 6 heteroatoms. The molecule has 1 aliphatic heterocycles. The second-order valence-electron chi connectivity index (χ2n) is 4.46. The normalized spacial score (nSPS) is 16.9. The fourth-order valence-electron chi connectivity index (χ4n) is 2.26. The van der Waals surface area contributed by atoms with Crippen LogP contribution in [0.3, 0.4) is 0 Å². The molecule has 0 aliphatic carbocycles. The SMILES string of the molecule is NC(=O)C1CCN(c2c(N)ccc(F)c2F)CC1. The standard InChI is InChI=1S/C12H15F2N3O/c13-8-1-2-9(15)11(10(8)14)17-5-3-7(4-6-17)12(16)18/h1-2,7H,3-6,15H2,(H2,16,18). The molecule has 1 aliphatic rings. The molecule has 1 aromatic rings. The highest BCUT2D eigenvalue weighted by molar-refractivity contribution is 5.77. The van der Waals surface area contributed by atoms with Crippen LogP contribution in [-0.2, 0) is 4.79 Å². The van der Waals surface area contributed by atoms with Gasteiger partial charge in [-0.15, -0.1) is 0 Å². The Labute approximate surface area is 104 Å². The first-order valence-electron chi connectivity index (χ1n) is 5.78. The maximum Gasteiger partial charge on any atom is 0.220 e. The topological polar surface area (TPSA) is 72.4 Å². The minimum Gasteiger partial charge on any atom is -0.397 e. The molecule has 0 saturated carbocycles. The van der Waals surface area contributed by atoms with Crippen molar-refractivity contribution in [2.45, 2.75) is 12.8 Å². The van der Waals surface area contributed by atoms with Crippen LogP contribution in [0.15, 0.2) is 12.1 Å². The van der Waals surface area contributed by atoms with Gasteiger partial charge in [0.2, 0.25) is 5.91 Å². The van der Waals surface area contributed by atoms with Gasteiger partial charge in [-0.25, -0.2) is 8.78 Å². The summed E-state index contributed by atoms with van der Waals surface area (Å²) in [7, 11) is 0. The van der Waals surface area contributed by atoms with Crippen molar-refractivity contribution >= 4 is 17.3 Å². The van der Waals surface area contributed by atoms with Gasteiger partial charge >= 0.3 is 0 Å². The Bertz CT molecular complexity index is 471. The van der Waals surface area contributed by atoms with Gasteiger partial charge < -0.3 is 16.4 Å². The first kappa shape index (κ1) is 12.6. The molecule has 0 unspecified atom stereocenters. The number of amides is 1. The van der Waals surface area contributed by atoms with E-state index in [-0.39, 0.29) is 23.2 Å². The third-order valence-corrected chi connectivity index (χ3v) is 3.31. The van der Waals surface area contributed by atoms with Gasteiger partial charge in [0.25, 0.3) is 0 Å². The summed E-state index contributed by atoms with van der Waals surface area (Å²) < 4.78 is 26.9. The fraction of sp³-hybridized carbons (Fsp3) is 0.417. The maximum absolute atomic E-state index is 13.7. The zero-order chi connectivity index (χ0) is 13.3. The van der Waals surface area contributed by atoms with E-state index in [2.05, 4.69) is 0 Å². The van der Waals surface area contributed by atoms with Gasteiger partial charge in [-0.3, -0.25) is 4.79 Å². The van der Waals surface area contributed by atoms with Gasteiger partial charge in [0, 0.05) is 19.0 Å². The fourth-order valence-corrected chi connectivity index (χ4v) is 2.26. The zero-order valence-electron chi connectivity index (χ0n) is 9.83. The number of rotatable bonds is 2. The molecular formula is C12H15F2N3O. The van der Waals surface area contributed by atoms with Gasteiger partial charge in [-0.2, -0.15) is 0 Å². The average Bonchev–Trinajstić information content (AvgIpc) is 2.35. The number of nitrogen functional groups attached to an aromatic ring is 1. The van der Waals surface area contributed by atoms with Crippen molar-refractivity contribution in [2.75, 3.05) is 23.7 Å². The molecule has 1 fully saturated rings. The van der Waals surface area contributed by atoms with Crippen LogP contribution in [0.25, 0.3) is 0 Å². The molecule has 1 amide bonds. The first-order valence-corrected chi connectivity index (χ1v) is 5.78. The molecule has 2 rings (SSSR count). The zero-order valence-corrected chi connectivity index (χ0v) is 9.83. The van der Waals surface area contributed by atoms with E-state index in [0.717, 1.165) is 6.07 Å². The predicted molar refractivity (Wildman–Crippen MR) is 64.9 cm³/mol. The molecule has 0 radical (unpaired) electrons. The van der Waals surface area contributed by atoms with Crippen LogP contribution >= 0.6 is 0 Å². The monoisotopic (exact) mass is 255 g/mol. The van der Waals surface area contributed by atoms with Crippen molar-refractivity contribution in [1.82, 2.24) is 0 Å². The lowest BCUT2D eigenvalue weighted by atomic mass is 9.96. The largest absolute Gasteiger partial charge is 0.397 e. The molecule has 4 N–H and O–H groups in total. The van der Waals surface area contributed by atoms with Gasteiger partial charge in [-0.1, -0.05) is 0 Å².